The van der Waals surface area contributed by atoms with Crippen LogP contribution in [0.2, 0.25) is 0 Å². The molecule has 0 aromatic heterocycles. The molecule has 3 rings (SSSR count). The molecule has 0 amide bonds. The summed E-state index contributed by atoms with van der Waals surface area (Å²) in [6.07, 6.45) is 1.08. The zero-order valence-electron chi connectivity index (χ0n) is 16.8. The number of nitrogens with one attached hydrogen (secondary N) is 1. The fourth-order valence-electron chi connectivity index (χ4n) is 3.47. The Morgan fingerprint density at radius 2 is 1.32 bits per heavy atom. The molecule has 0 heterocycles. The van der Waals surface area contributed by atoms with Gasteiger partial charge in [0.05, 0.1) is 0 Å². The van der Waals surface area contributed by atoms with Crippen LogP contribution in [0.25, 0.3) is 0 Å². The van der Waals surface area contributed by atoms with Crippen molar-refractivity contribution < 1.29 is 0 Å². The lowest BCUT2D eigenvalue weighted by molar-refractivity contribution is 0.518. The van der Waals surface area contributed by atoms with Gasteiger partial charge in [-0.05, 0) is 55.7 Å². The second kappa shape index (κ2) is 9.52. The van der Waals surface area contributed by atoms with Crippen LogP contribution in [-0.2, 0) is 0 Å². The van der Waals surface area contributed by atoms with Crippen LogP contribution < -0.4 is 10.2 Å². The number of thiocarbonyl (C=S) groups is 1. The number of hydrogen-bond acceptors (Lipinski definition) is 2. The molecule has 3 aromatic carbocycles. The van der Waals surface area contributed by atoms with E-state index in [0.29, 0.717) is 12.0 Å². The molecule has 28 heavy (non-hydrogen) atoms. The first-order chi connectivity index (χ1) is 13.5. The molecule has 144 valence electrons. The first-order valence-corrected chi connectivity index (χ1v) is 10.3. The molecule has 0 radical (unpaired) electrons. The molecule has 0 aliphatic rings. The van der Waals surface area contributed by atoms with E-state index in [1.54, 1.807) is 0 Å². The van der Waals surface area contributed by atoms with Gasteiger partial charge in [0, 0.05) is 28.7 Å². The van der Waals surface area contributed by atoms with Crippen molar-refractivity contribution in [2.45, 2.75) is 33.2 Å². The molecule has 1 unspecified atom stereocenters. The van der Waals surface area contributed by atoms with Crippen LogP contribution in [0, 0.1) is 5.92 Å². The summed E-state index contributed by atoms with van der Waals surface area (Å²) >= 11 is 5.90. The van der Waals surface area contributed by atoms with E-state index in [0.717, 1.165) is 34.0 Å². The molecular weight excluding hydrogens is 360 g/mol. The maximum absolute atomic E-state index is 5.90. The molecule has 0 bridgehead atoms. The third-order valence-corrected chi connectivity index (χ3v) is 5.13. The summed E-state index contributed by atoms with van der Waals surface area (Å²) in [6.45, 7) is 6.77. The van der Waals surface area contributed by atoms with Crippen molar-refractivity contribution in [2.24, 2.45) is 5.92 Å². The van der Waals surface area contributed by atoms with Gasteiger partial charge < -0.3 is 10.2 Å². The third kappa shape index (κ3) is 5.20. The number of rotatable bonds is 7. The smallest absolute Gasteiger partial charge is 0.113 e. The molecule has 1 N–H and O–H groups in total. The SMILES string of the molecule is CC(C)CC(C)N(C(=S)c1ccccc1)c1ccc(Nc2ccccc2)cc1. The van der Waals surface area contributed by atoms with Gasteiger partial charge in [0.1, 0.15) is 4.99 Å². The van der Waals surface area contributed by atoms with E-state index in [1.807, 2.05) is 36.4 Å². The van der Waals surface area contributed by atoms with Crippen LogP contribution >= 0.6 is 12.2 Å². The Labute approximate surface area is 174 Å². The molecule has 3 aromatic rings. The van der Waals surface area contributed by atoms with Gasteiger partial charge in [-0.3, -0.25) is 0 Å². The summed E-state index contributed by atoms with van der Waals surface area (Å²) in [5.74, 6) is 0.607. The van der Waals surface area contributed by atoms with Crippen LogP contribution in [0.5, 0.6) is 0 Å². The molecule has 0 saturated heterocycles. The highest BCUT2D eigenvalue weighted by Crippen LogP contribution is 2.26. The van der Waals surface area contributed by atoms with Gasteiger partial charge >= 0.3 is 0 Å². The predicted octanol–water partition coefficient (Wildman–Crippen LogP) is 7.05. The summed E-state index contributed by atoms with van der Waals surface area (Å²) < 4.78 is 0. The average Bonchev–Trinajstić information content (AvgIpc) is 2.70. The van der Waals surface area contributed by atoms with Crippen LogP contribution in [0.3, 0.4) is 0 Å². The van der Waals surface area contributed by atoms with E-state index < -0.39 is 0 Å². The average molecular weight is 389 g/mol. The van der Waals surface area contributed by atoms with Crippen molar-refractivity contribution in [2.75, 3.05) is 10.2 Å². The van der Waals surface area contributed by atoms with Crippen LogP contribution in [0.1, 0.15) is 32.8 Å². The van der Waals surface area contributed by atoms with Crippen molar-refractivity contribution in [1.82, 2.24) is 0 Å². The number of para-hydroxylation sites is 1. The highest BCUT2D eigenvalue weighted by Gasteiger charge is 2.21. The lowest BCUT2D eigenvalue weighted by Gasteiger charge is -2.33. The topological polar surface area (TPSA) is 15.3 Å². The van der Waals surface area contributed by atoms with Crippen molar-refractivity contribution in [1.29, 1.82) is 0 Å². The van der Waals surface area contributed by atoms with Crippen molar-refractivity contribution >= 4 is 34.3 Å². The summed E-state index contributed by atoms with van der Waals surface area (Å²) in [5, 5.41) is 3.44. The molecule has 1 atom stereocenters. The van der Waals surface area contributed by atoms with E-state index >= 15 is 0 Å². The molecule has 0 aliphatic heterocycles. The van der Waals surface area contributed by atoms with Crippen LogP contribution in [0.15, 0.2) is 84.9 Å². The molecule has 0 aliphatic carbocycles. The summed E-state index contributed by atoms with van der Waals surface area (Å²) in [4.78, 5) is 3.16. The number of nitrogens with zero attached hydrogens (tertiary/aromatic N) is 1. The summed E-state index contributed by atoms with van der Waals surface area (Å²) in [5.41, 5.74) is 4.36. The van der Waals surface area contributed by atoms with Gasteiger partial charge in [0.25, 0.3) is 0 Å². The maximum atomic E-state index is 5.90. The molecular formula is C25H28N2S. The Bertz CT molecular complexity index is 873. The Balaban J connectivity index is 1.86. The maximum Gasteiger partial charge on any atom is 0.113 e. The molecule has 0 spiro atoms. The third-order valence-electron chi connectivity index (χ3n) is 4.70. The minimum atomic E-state index is 0.320. The zero-order chi connectivity index (χ0) is 19.9. The Hall–Kier alpha value is -2.65. The van der Waals surface area contributed by atoms with E-state index in [4.69, 9.17) is 12.2 Å². The predicted molar refractivity (Wildman–Crippen MR) is 126 cm³/mol. The summed E-state index contributed by atoms with van der Waals surface area (Å²) in [6, 6.07) is 29.3. The van der Waals surface area contributed by atoms with E-state index in [-0.39, 0.29) is 0 Å². The first kappa shape index (κ1) is 20.1. The number of hydrogen-bond donors (Lipinski definition) is 1. The standard InChI is InChI=1S/C25H28N2S/c1-19(2)18-20(3)27(25(28)21-10-6-4-7-11-21)24-16-14-23(15-17-24)26-22-12-8-5-9-13-22/h4-17,19-20,26H,18H2,1-3H3. The van der Waals surface area contributed by atoms with Crippen molar-refractivity contribution in [3.8, 4) is 0 Å². The van der Waals surface area contributed by atoms with Crippen molar-refractivity contribution in [3.05, 3.63) is 90.5 Å². The minimum absolute atomic E-state index is 0.320. The first-order valence-electron chi connectivity index (χ1n) is 9.85. The molecule has 0 saturated carbocycles. The van der Waals surface area contributed by atoms with E-state index in [9.17, 15) is 0 Å². The number of anilines is 3. The monoisotopic (exact) mass is 388 g/mol. The van der Waals surface area contributed by atoms with Gasteiger partial charge in [0.2, 0.25) is 0 Å². The largest absolute Gasteiger partial charge is 0.356 e. The Kier molecular flexibility index (Phi) is 6.83. The highest BCUT2D eigenvalue weighted by molar-refractivity contribution is 7.81. The minimum Gasteiger partial charge on any atom is -0.356 e. The molecule has 2 nitrogen and oxygen atoms in total. The fourth-order valence-corrected chi connectivity index (χ4v) is 3.89. The van der Waals surface area contributed by atoms with E-state index in [1.165, 1.54) is 0 Å². The lowest BCUT2D eigenvalue weighted by atomic mass is 10.0. The Morgan fingerprint density at radius 3 is 1.89 bits per heavy atom. The second-order valence-electron chi connectivity index (χ2n) is 7.56. The quantitative estimate of drug-likeness (QED) is 0.437. The Morgan fingerprint density at radius 1 is 0.786 bits per heavy atom. The van der Waals surface area contributed by atoms with Gasteiger partial charge in [-0.15, -0.1) is 0 Å². The lowest BCUT2D eigenvalue weighted by Crippen LogP contribution is -2.39. The molecule has 0 fully saturated rings. The van der Waals surface area contributed by atoms with Crippen LogP contribution in [0.4, 0.5) is 17.1 Å². The second-order valence-corrected chi connectivity index (χ2v) is 7.94. The van der Waals surface area contributed by atoms with Gasteiger partial charge in [-0.25, -0.2) is 0 Å². The zero-order valence-corrected chi connectivity index (χ0v) is 17.6. The fraction of sp³-hybridized carbons (Fsp3) is 0.240. The highest BCUT2D eigenvalue weighted by atomic mass is 32.1. The van der Waals surface area contributed by atoms with Gasteiger partial charge in [-0.2, -0.15) is 0 Å². The summed E-state index contributed by atoms with van der Waals surface area (Å²) in [7, 11) is 0. The van der Waals surface area contributed by atoms with E-state index in [2.05, 4.69) is 79.5 Å². The molecule has 3 heteroatoms. The normalized spacial score (nSPS) is 11.9. The number of benzene rings is 3. The van der Waals surface area contributed by atoms with Crippen LogP contribution in [-0.4, -0.2) is 11.0 Å². The van der Waals surface area contributed by atoms with Gasteiger partial charge in [0.15, 0.2) is 0 Å². The van der Waals surface area contributed by atoms with Gasteiger partial charge in [-0.1, -0.05) is 74.6 Å². The van der Waals surface area contributed by atoms with Crippen molar-refractivity contribution in [3.63, 3.8) is 0 Å².